The number of phenolic OH excluding ortho intramolecular Hbond substituents is 1. The summed E-state index contributed by atoms with van der Waals surface area (Å²) in [6.07, 6.45) is 1.70. The minimum Gasteiger partial charge on any atom is -0.508 e. The SMILES string of the molecule is NC(=NO)C1CCN(C(=O)Cc2cccc(O)c2)CC1. The van der Waals surface area contributed by atoms with Crippen LogP contribution in [-0.4, -0.2) is 40.0 Å². The summed E-state index contributed by atoms with van der Waals surface area (Å²) in [6.45, 7) is 1.22. The van der Waals surface area contributed by atoms with Crippen LogP contribution in [-0.2, 0) is 11.2 Å². The number of hydrogen-bond acceptors (Lipinski definition) is 4. The lowest BCUT2D eigenvalue weighted by Gasteiger charge is -2.31. The first-order valence-electron chi connectivity index (χ1n) is 6.63. The van der Waals surface area contributed by atoms with Crippen molar-refractivity contribution in [3.05, 3.63) is 29.8 Å². The van der Waals surface area contributed by atoms with E-state index in [0.29, 0.717) is 25.9 Å². The molecule has 1 saturated heterocycles. The molecule has 1 aliphatic rings. The standard InChI is InChI=1S/C14H19N3O3/c15-14(16-20)11-4-6-17(7-5-11)13(19)9-10-2-1-3-12(18)8-10/h1-3,8,11,18,20H,4-7,9H2,(H2,15,16). The summed E-state index contributed by atoms with van der Waals surface area (Å²) in [4.78, 5) is 13.9. The van der Waals surface area contributed by atoms with Gasteiger partial charge in [0.15, 0.2) is 0 Å². The van der Waals surface area contributed by atoms with Crippen molar-refractivity contribution in [1.29, 1.82) is 0 Å². The summed E-state index contributed by atoms with van der Waals surface area (Å²) in [6, 6.07) is 6.72. The summed E-state index contributed by atoms with van der Waals surface area (Å²) >= 11 is 0. The molecule has 0 atom stereocenters. The van der Waals surface area contributed by atoms with Gasteiger partial charge in [-0.2, -0.15) is 0 Å². The third-order valence-corrected chi connectivity index (χ3v) is 3.65. The molecule has 1 fully saturated rings. The van der Waals surface area contributed by atoms with E-state index in [2.05, 4.69) is 5.16 Å². The van der Waals surface area contributed by atoms with E-state index in [1.54, 1.807) is 23.1 Å². The predicted octanol–water partition coefficient (Wildman–Crippen LogP) is 0.920. The number of amides is 1. The number of oxime groups is 1. The molecule has 6 nitrogen and oxygen atoms in total. The Hall–Kier alpha value is -2.24. The Bertz CT molecular complexity index is 508. The maximum atomic E-state index is 12.2. The predicted molar refractivity (Wildman–Crippen MR) is 74.5 cm³/mol. The number of phenols is 1. The van der Waals surface area contributed by atoms with Gasteiger partial charge in [-0.15, -0.1) is 0 Å². The van der Waals surface area contributed by atoms with Crippen molar-refractivity contribution in [2.24, 2.45) is 16.8 Å². The van der Waals surface area contributed by atoms with Crippen LogP contribution < -0.4 is 5.73 Å². The van der Waals surface area contributed by atoms with Gasteiger partial charge in [0.1, 0.15) is 11.6 Å². The van der Waals surface area contributed by atoms with Gasteiger partial charge in [0.05, 0.1) is 6.42 Å². The first-order chi connectivity index (χ1) is 9.60. The molecular weight excluding hydrogens is 258 g/mol. The van der Waals surface area contributed by atoms with Crippen LogP contribution in [0.5, 0.6) is 5.75 Å². The molecule has 0 bridgehead atoms. The van der Waals surface area contributed by atoms with Crippen LogP contribution in [0.2, 0.25) is 0 Å². The highest BCUT2D eigenvalue weighted by atomic mass is 16.4. The van der Waals surface area contributed by atoms with Crippen LogP contribution in [0.15, 0.2) is 29.4 Å². The number of hydrogen-bond donors (Lipinski definition) is 3. The minimum atomic E-state index is 0.0357. The Kier molecular flexibility index (Phi) is 4.45. The number of rotatable bonds is 3. The zero-order valence-electron chi connectivity index (χ0n) is 11.2. The van der Waals surface area contributed by atoms with E-state index < -0.39 is 0 Å². The van der Waals surface area contributed by atoms with E-state index in [1.807, 2.05) is 6.07 Å². The molecule has 6 heteroatoms. The molecule has 0 unspecified atom stereocenters. The van der Waals surface area contributed by atoms with Crippen LogP contribution in [0.4, 0.5) is 0 Å². The number of amidine groups is 1. The second kappa shape index (κ2) is 6.27. The molecule has 1 aromatic rings. The molecule has 0 aliphatic carbocycles. The Morgan fingerprint density at radius 2 is 2.10 bits per heavy atom. The van der Waals surface area contributed by atoms with Crippen molar-refractivity contribution in [3.63, 3.8) is 0 Å². The molecule has 1 aliphatic heterocycles. The van der Waals surface area contributed by atoms with Crippen molar-refractivity contribution in [3.8, 4) is 5.75 Å². The quantitative estimate of drug-likeness (QED) is 0.331. The normalized spacial score (nSPS) is 17.2. The molecule has 0 spiro atoms. The lowest BCUT2D eigenvalue weighted by molar-refractivity contribution is -0.131. The number of aromatic hydroxyl groups is 1. The van der Waals surface area contributed by atoms with Gasteiger partial charge in [-0.1, -0.05) is 17.3 Å². The monoisotopic (exact) mass is 277 g/mol. The average molecular weight is 277 g/mol. The zero-order chi connectivity index (χ0) is 14.5. The number of piperidine rings is 1. The first-order valence-corrected chi connectivity index (χ1v) is 6.63. The van der Waals surface area contributed by atoms with Crippen LogP contribution in [0.25, 0.3) is 0 Å². The molecule has 108 valence electrons. The van der Waals surface area contributed by atoms with Crippen LogP contribution >= 0.6 is 0 Å². The Balaban J connectivity index is 1.89. The maximum Gasteiger partial charge on any atom is 0.226 e. The summed E-state index contributed by atoms with van der Waals surface area (Å²) in [7, 11) is 0. The van der Waals surface area contributed by atoms with Crippen LogP contribution in [0.3, 0.4) is 0 Å². The van der Waals surface area contributed by atoms with Gasteiger partial charge in [-0.3, -0.25) is 4.79 Å². The van der Waals surface area contributed by atoms with Crippen LogP contribution in [0, 0.1) is 5.92 Å². The molecule has 0 radical (unpaired) electrons. The summed E-state index contributed by atoms with van der Waals surface area (Å²) < 4.78 is 0. The first kappa shape index (κ1) is 14.2. The second-order valence-corrected chi connectivity index (χ2v) is 5.03. The van der Waals surface area contributed by atoms with E-state index in [-0.39, 0.29) is 29.8 Å². The number of nitrogens with two attached hydrogens (primary N) is 1. The molecule has 1 heterocycles. The van der Waals surface area contributed by atoms with E-state index in [9.17, 15) is 9.90 Å². The Labute approximate surface area is 117 Å². The fourth-order valence-corrected chi connectivity index (χ4v) is 2.46. The molecule has 2 rings (SSSR count). The summed E-state index contributed by atoms with van der Waals surface area (Å²) in [5, 5.41) is 21.0. The molecule has 0 aromatic heterocycles. The molecule has 20 heavy (non-hydrogen) atoms. The Morgan fingerprint density at radius 3 is 2.70 bits per heavy atom. The molecule has 0 saturated carbocycles. The number of carbonyl (C=O) groups excluding carboxylic acids is 1. The van der Waals surface area contributed by atoms with E-state index in [1.165, 1.54) is 0 Å². The van der Waals surface area contributed by atoms with Crippen molar-refractivity contribution >= 4 is 11.7 Å². The van der Waals surface area contributed by atoms with Crippen molar-refractivity contribution in [2.45, 2.75) is 19.3 Å². The topological polar surface area (TPSA) is 99.2 Å². The van der Waals surface area contributed by atoms with Crippen molar-refractivity contribution in [2.75, 3.05) is 13.1 Å². The third kappa shape index (κ3) is 3.40. The highest BCUT2D eigenvalue weighted by Gasteiger charge is 2.25. The summed E-state index contributed by atoms with van der Waals surface area (Å²) in [5.41, 5.74) is 6.38. The van der Waals surface area contributed by atoms with Crippen LogP contribution in [0.1, 0.15) is 18.4 Å². The summed E-state index contributed by atoms with van der Waals surface area (Å²) in [5.74, 6) is 0.490. The maximum absolute atomic E-state index is 12.2. The van der Waals surface area contributed by atoms with Gasteiger partial charge in [0, 0.05) is 19.0 Å². The van der Waals surface area contributed by atoms with Gasteiger partial charge in [0.25, 0.3) is 0 Å². The fraction of sp³-hybridized carbons (Fsp3) is 0.429. The minimum absolute atomic E-state index is 0.0357. The largest absolute Gasteiger partial charge is 0.508 e. The molecule has 1 aromatic carbocycles. The lowest BCUT2D eigenvalue weighted by Crippen LogP contribution is -2.42. The number of carbonyl (C=O) groups is 1. The fourth-order valence-electron chi connectivity index (χ4n) is 2.46. The molecule has 4 N–H and O–H groups in total. The second-order valence-electron chi connectivity index (χ2n) is 5.03. The van der Waals surface area contributed by atoms with Gasteiger partial charge >= 0.3 is 0 Å². The lowest BCUT2D eigenvalue weighted by atomic mass is 9.95. The number of nitrogens with zero attached hydrogens (tertiary/aromatic N) is 2. The highest BCUT2D eigenvalue weighted by molar-refractivity contribution is 5.83. The number of benzene rings is 1. The van der Waals surface area contributed by atoms with Gasteiger partial charge in [-0.05, 0) is 30.5 Å². The molecular formula is C14H19N3O3. The smallest absolute Gasteiger partial charge is 0.226 e. The van der Waals surface area contributed by atoms with E-state index >= 15 is 0 Å². The van der Waals surface area contributed by atoms with E-state index in [0.717, 1.165) is 5.56 Å². The molecule has 1 amide bonds. The van der Waals surface area contributed by atoms with E-state index in [4.69, 9.17) is 10.9 Å². The Morgan fingerprint density at radius 1 is 1.40 bits per heavy atom. The van der Waals surface area contributed by atoms with Crippen molar-refractivity contribution in [1.82, 2.24) is 4.90 Å². The number of likely N-dealkylation sites (tertiary alicyclic amines) is 1. The van der Waals surface area contributed by atoms with Gasteiger partial charge in [0.2, 0.25) is 5.91 Å². The van der Waals surface area contributed by atoms with Gasteiger partial charge < -0.3 is 20.9 Å². The highest BCUT2D eigenvalue weighted by Crippen LogP contribution is 2.19. The average Bonchev–Trinajstić information content (AvgIpc) is 2.46. The van der Waals surface area contributed by atoms with Gasteiger partial charge in [-0.25, -0.2) is 0 Å². The third-order valence-electron chi connectivity index (χ3n) is 3.65. The van der Waals surface area contributed by atoms with Crippen molar-refractivity contribution < 1.29 is 15.1 Å². The zero-order valence-corrected chi connectivity index (χ0v) is 11.2.